The SMILES string of the molecule is c1ccc2c(c1)-c1ccccc1C21c2cc3ccccc3cc2-c2cc3ccccc3cc21. The van der Waals surface area contributed by atoms with Crippen molar-refractivity contribution in [3.05, 3.63) is 144 Å². The van der Waals surface area contributed by atoms with E-state index in [4.69, 9.17) is 0 Å². The lowest BCUT2D eigenvalue weighted by Gasteiger charge is -2.30. The summed E-state index contributed by atoms with van der Waals surface area (Å²) >= 11 is 0. The smallest absolute Gasteiger partial charge is 0.0619 e. The normalized spacial score (nSPS) is 14.3. The molecule has 0 aliphatic heterocycles. The van der Waals surface area contributed by atoms with Crippen LogP contribution in [0.4, 0.5) is 0 Å². The van der Waals surface area contributed by atoms with E-state index in [-0.39, 0.29) is 5.41 Å². The van der Waals surface area contributed by atoms with Crippen molar-refractivity contribution in [3.63, 3.8) is 0 Å². The van der Waals surface area contributed by atoms with Crippen LogP contribution in [0.1, 0.15) is 22.3 Å². The van der Waals surface area contributed by atoms with Crippen molar-refractivity contribution in [2.24, 2.45) is 0 Å². The molecule has 0 aromatic heterocycles. The molecule has 0 heteroatoms. The molecule has 8 rings (SSSR count). The molecule has 0 amide bonds. The number of hydrogen-bond acceptors (Lipinski definition) is 0. The summed E-state index contributed by atoms with van der Waals surface area (Å²) in [5.41, 5.74) is 10.8. The first-order chi connectivity index (χ1) is 16.4. The predicted octanol–water partition coefficient (Wildman–Crippen LogP) is 8.34. The molecule has 0 nitrogen and oxygen atoms in total. The molecule has 1 spiro atoms. The van der Waals surface area contributed by atoms with Crippen LogP contribution in [-0.4, -0.2) is 0 Å². The van der Waals surface area contributed by atoms with Gasteiger partial charge in [-0.25, -0.2) is 0 Å². The van der Waals surface area contributed by atoms with Crippen LogP contribution in [0.2, 0.25) is 0 Å². The van der Waals surface area contributed by atoms with Crippen LogP contribution < -0.4 is 0 Å². The minimum Gasteiger partial charge on any atom is -0.0619 e. The number of benzene rings is 6. The molecular weight excluding hydrogens is 396 g/mol. The van der Waals surface area contributed by atoms with Gasteiger partial charge in [0.2, 0.25) is 0 Å². The van der Waals surface area contributed by atoms with Gasteiger partial charge in [0.05, 0.1) is 5.41 Å². The minimum absolute atomic E-state index is 0.286. The molecule has 0 saturated carbocycles. The summed E-state index contributed by atoms with van der Waals surface area (Å²) in [6, 6.07) is 45.3. The van der Waals surface area contributed by atoms with Gasteiger partial charge in [0, 0.05) is 0 Å². The standard InChI is InChI=1S/C33H20/c1-3-11-23-19-31-27(17-21(23)9-1)28-18-22-10-2-4-12-24(22)20-32(28)33(31)29-15-7-5-13-25(29)26-14-6-8-16-30(26)33/h1-20H. The third-order valence-electron chi connectivity index (χ3n) is 7.82. The highest BCUT2D eigenvalue weighted by atomic mass is 14.5. The highest BCUT2D eigenvalue weighted by molar-refractivity contribution is 6.03. The van der Waals surface area contributed by atoms with Gasteiger partial charge in [0.1, 0.15) is 0 Å². The van der Waals surface area contributed by atoms with Gasteiger partial charge in [0.25, 0.3) is 0 Å². The molecule has 0 atom stereocenters. The van der Waals surface area contributed by atoms with Gasteiger partial charge in [-0.3, -0.25) is 0 Å². The maximum Gasteiger partial charge on any atom is 0.0725 e. The average molecular weight is 417 g/mol. The maximum atomic E-state index is 2.45. The van der Waals surface area contributed by atoms with Gasteiger partial charge >= 0.3 is 0 Å². The highest BCUT2D eigenvalue weighted by Gasteiger charge is 2.51. The molecule has 6 aromatic rings. The van der Waals surface area contributed by atoms with Crippen LogP contribution in [0.5, 0.6) is 0 Å². The maximum absolute atomic E-state index is 2.45. The number of rotatable bonds is 0. The monoisotopic (exact) mass is 416 g/mol. The minimum atomic E-state index is -0.286. The van der Waals surface area contributed by atoms with Crippen LogP contribution in [0.15, 0.2) is 121 Å². The Hall–Kier alpha value is -4.16. The third-order valence-corrected chi connectivity index (χ3v) is 7.82. The molecule has 2 aliphatic carbocycles. The molecule has 0 unspecified atom stereocenters. The quantitative estimate of drug-likeness (QED) is 0.233. The summed E-state index contributed by atoms with van der Waals surface area (Å²) in [7, 11) is 0. The van der Waals surface area contributed by atoms with Gasteiger partial charge in [-0.15, -0.1) is 0 Å². The number of hydrogen-bond donors (Lipinski definition) is 0. The second-order valence-corrected chi connectivity index (χ2v) is 9.33. The largest absolute Gasteiger partial charge is 0.0725 e. The van der Waals surface area contributed by atoms with E-state index in [0.717, 1.165) is 0 Å². The molecule has 152 valence electrons. The van der Waals surface area contributed by atoms with E-state index in [2.05, 4.69) is 121 Å². The summed E-state index contributed by atoms with van der Waals surface area (Å²) in [6.07, 6.45) is 0. The molecule has 0 fully saturated rings. The Morgan fingerprint density at radius 3 is 1.12 bits per heavy atom. The van der Waals surface area contributed by atoms with E-state index in [9.17, 15) is 0 Å². The molecule has 33 heavy (non-hydrogen) atoms. The van der Waals surface area contributed by atoms with Crippen LogP contribution in [0, 0.1) is 0 Å². The Balaban J connectivity index is 1.63. The van der Waals surface area contributed by atoms with Crippen molar-refractivity contribution < 1.29 is 0 Å². The van der Waals surface area contributed by atoms with Crippen molar-refractivity contribution >= 4 is 21.5 Å². The zero-order chi connectivity index (χ0) is 21.6. The Labute approximate surface area is 192 Å². The van der Waals surface area contributed by atoms with E-state index in [1.54, 1.807) is 0 Å². The summed E-state index contributed by atoms with van der Waals surface area (Å²) in [4.78, 5) is 0. The second kappa shape index (κ2) is 5.99. The second-order valence-electron chi connectivity index (χ2n) is 9.33. The molecule has 6 aromatic carbocycles. The Bertz CT molecular complexity index is 1640. The zero-order valence-electron chi connectivity index (χ0n) is 18.0. The first-order valence-corrected chi connectivity index (χ1v) is 11.6. The van der Waals surface area contributed by atoms with Crippen molar-refractivity contribution in [2.45, 2.75) is 5.41 Å². The summed E-state index contributed by atoms with van der Waals surface area (Å²) < 4.78 is 0. The van der Waals surface area contributed by atoms with E-state index >= 15 is 0 Å². The fourth-order valence-corrected chi connectivity index (χ4v) is 6.51. The van der Waals surface area contributed by atoms with Crippen LogP contribution in [0.3, 0.4) is 0 Å². The van der Waals surface area contributed by atoms with Crippen molar-refractivity contribution in [1.82, 2.24) is 0 Å². The molecule has 0 N–H and O–H groups in total. The topological polar surface area (TPSA) is 0 Å². The average Bonchev–Trinajstić information content (AvgIpc) is 3.32. The van der Waals surface area contributed by atoms with Crippen molar-refractivity contribution in [2.75, 3.05) is 0 Å². The fraction of sp³-hybridized carbons (Fsp3) is 0.0303. The van der Waals surface area contributed by atoms with Crippen LogP contribution in [0.25, 0.3) is 43.8 Å². The van der Waals surface area contributed by atoms with Crippen LogP contribution in [-0.2, 0) is 5.41 Å². The zero-order valence-corrected chi connectivity index (χ0v) is 18.0. The third kappa shape index (κ3) is 2.02. The first-order valence-electron chi connectivity index (χ1n) is 11.6. The highest BCUT2D eigenvalue weighted by Crippen LogP contribution is 2.63. The van der Waals surface area contributed by atoms with Gasteiger partial charge in [-0.1, -0.05) is 97.1 Å². The van der Waals surface area contributed by atoms with Gasteiger partial charge < -0.3 is 0 Å². The van der Waals surface area contributed by atoms with Crippen LogP contribution >= 0.6 is 0 Å². The predicted molar refractivity (Wildman–Crippen MR) is 138 cm³/mol. The molecule has 0 saturated heterocycles. The van der Waals surface area contributed by atoms with Gasteiger partial charge in [0.15, 0.2) is 0 Å². The summed E-state index contributed by atoms with van der Waals surface area (Å²) in [6.45, 7) is 0. The lowest BCUT2D eigenvalue weighted by molar-refractivity contribution is 0.796. The fourth-order valence-electron chi connectivity index (χ4n) is 6.51. The van der Waals surface area contributed by atoms with E-state index in [1.165, 1.54) is 66.1 Å². The van der Waals surface area contributed by atoms with Crippen molar-refractivity contribution in [3.8, 4) is 22.3 Å². The van der Waals surface area contributed by atoms with Gasteiger partial charge in [-0.05, 0) is 90.3 Å². The summed E-state index contributed by atoms with van der Waals surface area (Å²) in [5.74, 6) is 0. The number of fused-ring (bicyclic) bond motifs is 12. The lowest BCUT2D eigenvalue weighted by atomic mass is 9.70. The van der Waals surface area contributed by atoms with E-state index in [0.29, 0.717) is 0 Å². The Morgan fingerprint density at radius 1 is 0.303 bits per heavy atom. The molecular formula is C33H20. The molecule has 0 heterocycles. The van der Waals surface area contributed by atoms with E-state index in [1.807, 2.05) is 0 Å². The molecule has 2 aliphatic rings. The first kappa shape index (κ1) is 17.4. The molecule has 0 bridgehead atoms. The molecule has 0 radical (unpaired) electrons. The lowest BCUT2D eigenvalue weighted by Crippen LogP contribution is -2.25. The van der Waals surface area contributed by atoms with E-state index < -0.39 is 0 Å². The summed E-state index contributed by atoms with van der Waals surface area (Å²) in [5, 5.41) is 5.20. The van der Waals surface area contributed by atoms with Crippen molar-refractivity contribution in [1.29, 1.82) is 0 Å². The Kier molecular flexibility index (Phi) is 3.16. The Morgan fingerprint density at radius 2 is 0.667 bits per heavy atom. The van der Waals surface area contributed by atoms with Gasteiger partial charge in [-0.2, -0.15) is 0 Å².